The molecule has 0 aliphatic carbocycles. The molecule has 1 fully saturated rings. The minimum atomic E-state index is 0.269. The highest BCUT2D eigenvalue weighted by molar-refractivity contribution is 6.42. The lowest BCUT2D eigenvalue weighted by Crippen LogP contribution is -2.45. The molecule has 1 aromatic rings. The van der Waals surface area contributed by atoms with Crippen LogP contribution in [0.4, 0.5) is 0 Å². The maximum atomic E-state index is 6.39. The summed E-state index contributed by atoms with van der Waals surface area (Å²) in [5.41, 5.74) is 2.28. The highest BCUT2D eigenvalue weighted by Gasteiger charge is 2.24. The van der Waals surface area contributed by atoms with Gasteiger partial charge in [-0.25, -0.2) is 0 Å². The lowest BCUT2D eigenvalue weighted by molar-refractivity contribution is 0.172. The van der Waals surface area contributed by atoms with Crippen molar-refractivity contribution in [3.05, 3.63) is 46.0 Å². The molecule has 2 nitrogen and oxygen atoms in total. The first-order valence-electron chi connectivity index (χ1n) is 6.62. The van der Waals surface area contributed by atoms with Crippen molar-refractivity contribution in [1.29, 1.82) is 0 Å². The standard InChI is InChI=1S/C15H20Cl2N2/c1-11(2)10-14(19-8-6-18-7-9-19)12-4-3-5-13(16)15(12)17/h3-5,14,18H,1,6-10H2,2H3/t14-/m0/s1. The van der Waals surface area contributed by atoms with Crippen LogP contribution in [-0.4, -0.2) is 31.1 Å². The second kappa shape index (κ2) is 6.76. The molecule has 19 heavy (non-hydrogen) atoms. The van der Waals surface area contributed by atoms with E-state index in [0.717, 1.165) is 38.2 Å². The van der Waals surface area contributed by atoms with Crippen molar-refractivity contribution in [1.82, 2.24) is 10.2 Å². The third-order valence-corrected chi connectivity index (χ3v) is 4.31. The normalized spacial score (nSPS) is 18.3. The van der Waals surface area contributed by atoms with Gasteiger partial charge in [0.15, 0.2) is 0 Å². The summed E-state index contributed by atoms with van der Waals surface area (Å²) in [5.74, 6) is 0. The monoisotopic (exact) mass is 298 g/mol. The Balaban J connectivity index is 2.30. The maximum Gasteiger partial charge on any atom is 0.0640 e. The summed E-state index contributed by atoms with van der Waals surface area (Å²) in [5, 5.41) is 4.68. The Bertz CT molecular complexity index is 453. The van der Waals surface area contributed by atoms with Crippen molar-refractivity contribution < 1.29 is 0 Å². The Morgan fingerprint density at radius 3 is 2.68 bits per heavy atom. The number of piperazine rings is 1. The first-order chi connectivity index (χ1) is 9.09. The molecule has 1 aliphatic heterocycles. The molecule has 0 radical (unpaired) electrons. The van der Waals surface area contributed by atoms with E-state index in [1.807, 2.05) is 12.1 Å². The van der Waals surface area contributed by atoms with E-state index in [0.29, 0.717) is 10.0 Å². The molecule has 1 aromatic carbocycles. The molecule has 1 aliphatic rings. The predicted molar refractivity (Wildman–Crippen MR) is 83.1 cm³/mol. The van der Waals surface area contributed by atoms with E-state index in [1.54, 1.807) is 0 Å². The number of benzene rings is 1. The molecule has 2 rings (SSSR count). The number of nitrogens with one attached hydrogen (secondary N) is 1. The van der Waals surface area contributed by atoms with E-state index in [1.165, 1.54) is 5.57 Å². The zero-order valence-electron chi connectivity index (χ0n) is 11.3. The molecule has 104 valence electrons. The molecule has 0 aromatic heterocycles. The minimum Gasteiger partial charge on any atom is -0.314 e. The van der Waals surface area contributed by atoms with Gasteiger partial charge in [0.05, 0.1) is 10.0 Å². The largest absolute Gasteiger partial charge is 0.314 e. The Kier molecular flexibility index (Phi) is 5.28. The maximum absolute atomic E-state index is 6.39. The molecule has 0 unspecified atom stereocenters. The fraction of sp³-hybridized carbons (Fsp3) is 0.467. The van der Waals surface area contributed by atoms with Crippen molar-refractivity contribution in [2.24, 2.45) is 0 Å². The van der Waals surface area contributed by atoms with Crippen molar-refractivity contribution in [2.45, 2.75) is 19.4 Å². The van der Waals surface area contributed by atoms with Gasteiger partial charge in [-0.05, 0) is 25.0 Å². The van der Waals surface area contributed by atoms with Crippen molar-refractivity contribution in [3.8, 4) is 0 Å². The second-order valence-corrected chi connectivity index (χ2v) is 5.89. The molecule has 1 heterocycles. The summed E-state index contributed by atoms with van der Waals surface area (Å²) < 4.78 is 0. The Morgan fingerprint density at radius 2 is 2.05 bits per heavy atom. The minimum absolute atomic E-state index is 0.269. The molecule has 0 saturated carbocycles. The van der Waals surface area contributed by atoms with Crippen LogP contribution in [0.25, 0.3) is 0 Å². The van der Waals surface area contributed by atoms with Gasteiger partial charge in [-0.1, -0.05) is 40.9 Å². The van der Waals surface area contributed by atoms with Gasteiger partial charge in [-0.2, -0.15) is 0 Å². The first-order valence-corrected chi connectivity index (χ1v) is 7.38. The van der Waals surface area contributed by atoms with E-state index >= 15 is 0 Å². The van der Waals surface area contributed by atoms with Crippen molar-refractivity contribution in [3.63, 3.8) is 0 Å². The van der Waals surface area contributed by atoms with Crippen LogP contribution in [0.3, 0.4) is 0 Å². The summed E-state index contributed by atoms with van der Waals surface area (Å²) in [6, 6.07) is 6.15. The van der Waals surface area contributed by atoms with Gasteiger partial charge < -0.3 is 5.32 Å². The molecular formula is C15H20Cl2N2. The number of hydrogen-bond acceptors (Lipinski definition) is 2. The third kappa shape index (κ3) is 3.73. The molecule has 0 spiro atoms. The number of rotatable bonds is 4. The zero-order chi connectivity index (χ0) is 13.8. The average Bonchev–Trinajstić information content (AvgIpc) is 2.40. The van der Waals surface area contributed by atoms with Gasteiger partial charge >= 0.3 is 0 Å². The van der Waals surface area contributed by atoms with Gasteiger partial charge in [0, 0.05) is 32.2 Å². The summed E-state index contributed by atoms with van der Waals surface area (Å²) in [4.78, 5) is 2.46. The van der Waals surface area contributed by atoms with Crippen LogP contribution < -0.4 is 5.32 Å². The molecule has 4 heteroatoms. The summed E-state index contributed by atoms with van der Waals surface area (Å²) in [6.45, 7) is 10.2. The summed E-state index contributed by atoms with van der Waals surface area (Å²) in [7, 11) is 0. The molecular weight excluding hydrogens is 279 g/mol. The van der Waals surface area contributed by atoms with Crippen LogP contribution in [0.2, 0.25) is 10.0 Å². The first kappa shape index (κ1) is 14.9. The fourth-order valence-electron chi connectivity index (χ4n) is 2.54. The second-order valence-electron chi connectivity index (χ2n) is 5.11. The number of hydrogen-bond donors (Lipinski definition) is 1. The Labute approximate surface area is 125 Å². The Hall–Kier alpha value is -0.540. The number of nitrogens with zero attached hydrogens (tertiary/aromatic N) is 1. The van der Waals surface area contributed by atoms with E-state index in [-0.39, 0.29) is 6.04 Å². The summed E-state index contributed by atoms with van der Waals surface area (Å²) in [6.07, 6.45) is 0.917. The molecule has 1 saturated heterocycles. The van der Waals surface area contributed by atoms with Crippen LogP contribution in [0.5, 0.6) is 0 Å². The molecule has 0 bridgehead atoms. The van der Waals surface area contributed by atoms with E-state index in [2.05, 4.69) is 29.8 Å². The van der Waals surface area contributed by atoms with Gasteiger partial charge in [-0.15, -0.1) is 6.58 Å². The van der Waals surface area contributed by atoms with Crippen molar-refractivity contribution in [2.75, 3.05) is 26.2 Å². The van der Waals surface area contributed by atoms with Crippen LogP contribution in [0.1, 0.15) is 24.9 Å². The fourth-order valence-corrected chi connectivity index (χ4v) is 2.97. The van der Waals surface area contributed by atoms with Gasteiger partial charge in [0.1, 0.15) is 0 Å². The third-order valence-electron chi connectivity index (χ3n) is 3.47. The van der Waals surface area contributed by atoms with E-state index < -0.39 is 0 Å². The van der Waals surface area contributed by atoms with Crippen LogP contribution in [0.15, 0.2) is 30.4 Å². The molecule has 0 amide bonds. The zero-order valence-corrected chi connectivity index (χ0v) is 12.8. The molecule has 1 N–H and O–H groups in total. The lowest BCUT2D eigenvalue weighted by atomic mass is 9.98. The lowest BCUT2D eigenvalue weighted by Gasteiger charge is -2.36. The van der Waals surface area contributed by atoms with Gasteiger partial charge in [-0.3, -0.25) is 4.90 Å². The number of halogens is 2. The van der Waals surface area contributed by atoms with Crippen LogP contribution in [-0.2, 0) is 0 Å². The smallest absolute Gasteiger partial charge is 0.0640 e. The highest BCUT2D eigenvalue weighted by atomic mass is 35.5. The Morgan fingerprint density at radius 1 is 1.37 bits per heavy atom. The summed E-state index contributed by atoms with van der Waals surface area (Å²) >= 11 is 12.5. The van der Waals surface area contributed by atoms with Crippen molar-refractivity contribution >= 4 is 23.2 Å². The van der Waals surface area contributed by atoms with E-state index in [9.17, 15) is 0 Å². The topological polar surface area (TPSA) is 15.3 Å². The van der Waals surface area contributed by atoms with Crippen LogP contribution >= 0.6 is 23.2 Å². The van der Waals surface area contributed by atoms with Crippen LogP contribution in [0, 0.1) is 0 Å². The van der Waals surface area contributed by atoms with Gasteiger partial charge in [0.25, 0.3) is 0 Å². The highest BCUT2D eigenvalue weighted by Crippen LogP contribution is 2.35. The average molecular weight is 299 g/mol. The SMILES string of the molecule is C=C(C)C[C@@H](c1cccc(Cl)c1Cl)N1CCNCC1. The quantitative estimate of drug-likeness (QED) is 0.848. The van der Waals surface area contributed by atoms with Gasteiger partial charge in [0.2, 0.25) is 0 Å². The molecule has 1 atom stereocenters. The van der Waals surface area contributed by atoms with E-state index in [4.69, 9.17) is 23.2 Å². The predicted octanol–water partition coefficient (Wildman–Crippen LogP) is 3.91.